The maximum Gasteiger partial charge on any atom is 0.264 e. The lowest BCUT2D eigenvalue weighted by molar-refractivity contribution is 0.0709. The normalized spacial score (nSPS) is 20.5. The zero-order valence-corrected chi connectivity index (χ0v) is 9.72. The fraction of sp³-hybridized carbons (Fsp3) is 0.545. The van der Waals surface area contributed by atoms with Crippen LogP contribution in [0.1, 0.15) is 23.0 Å². The molecule has 0 aliphatic carbocycles. The van der Waals surface area contributed by atoms with Gasteiger partial charge in [0.1, 0.15) is 0 Å². The predicted molar refractivity (Wildman–Crippen MR) is 62.3 cm³/mol. The first-order valence-corrected chi connectivity index (χ1v) is 6.26. The summed E-state index contributed by atoms with van der Waals surface area (Å²) in [6.07, 6.45) is 1.07. The third-order valence-corrected chi connectivity index (χ3v) is 3.67. The largest absolute Gasteiger partial charge is 0.334 e. The van der Waals surface area contributed by atoms with Crippen LogP contribution in [0.4, 0.5) is 0 Å². The third kappa shape index (κ3) is 2.21. The van der Waals surface area contributed by atoms with E-state index in [2.05, 4.69) is 5.32 Å². The fourth-order valence-corrected chi connectivity index (χ4v) is 2.69. The average Bonchev–Trinajstić information content (AvgIpc) is 2.91. The quantitative estimate of drug-likeness (QED) is 0.845. The minimum Gasteiger partial charge on any atom is -0.334 e. The monoisotopic (exact) mass is 224 g/mol. The molecule has 0 bridgehead atoms. The smallest absolute Gasteiger partial charge is 0.264 e. The molecule has 1 fully saturated rings. The summed E-state index contributed by atoms with van der Waals surface area (Å²) in [5, 5.41) is 5.25. The van der Waals surface area contributed by atoms with E-state index in [1.165, 1.54) is 11.3 Å². The van der Waals surface area contributed by atoms with E-state index in [4.69, 9.17) is 0 Å². The number of carbonyl (C=O) groups excluding carboxylic acids is 1. The molecule has 4 heteroatoms. The maximum absolute atomic E-state index is 12.1. The highest BCUT2D eigenvalue weighted by Crippen LogP contribution is 2.16. The van der Waals surface area contributed by atoms with Gasteiger partial charge in [0.15, 0.2) is 0 Å². The van der Waals surface area contributed by atoms with Gasteiger partial charge >= 0.3 is 0 Å². The topological polar surface area (TPSA) is 32.3 Å². The predicted octanol–water partition coefficient (Wildman–Crippen LogP) is 1.57. The van der Waals surface area contributed by atoms with Gasteiger partial charge in [-0.25, -0.2) is 0 Å². The summed E-state index contributed by atoms with van der Waals surface area (Å²) in [7, 11) is 0. The number of hydrogen-bond donors (Lipinski definition) is 1. The van der Waals surface area contributed by atoms with Crippen molar-refractivity contribution in [2.75, 3.05) is 19.6 Å². The van der Waals surface area contributed by atoms with Gasteiger partial charge in [0.2, 0.25) is 0 Å². The molecule has 1 unspecified atom stereocenters. The number of nitrogens with one attached hydrogen (secondary N) is 1. The van der Waals surface area contributed by atoms with Crippen molar-refractivity contribution in [1.82, 2.24) is 10.2 Å². The van der Waals surface area contributed by atoms with E-state index in [0.717, 1.165) is 30.9 Å². The molecule has 1 N–H and O–H groups in total. The molecule has 0 radical (unpaired) electrons. The Morgan fingerprint density at radius 3 is 3.13 bits per heavy atom. The Kier molecular flexibility index (Phi) is 3.38. The van der Waals surface area contributed by atoms with Gasteiger partial charge in [-0.3, -0.25) is 4.79 Å². The van der Waals surface area contributed by atoms with Crippen LogP contribution in [-0.4, -0.2) is 36.5 Å². The SMILES string of the molecule is CCN(C(=O)c1cccs1)C1CCNC1. The standard InChI is InChI=1S/C11H16N2OS/c1-2-13(9-5-6-12-8-9)11(14)10-4-3-7-15-10/h3-4,7,9,12H,2,5-6,8H2,1H3. The molecule has 0 saturated carbocycles. The molecule has 1 aromatic heterocycles. The summed E-state index contributed by atoms with van der Waals surface area (Å²) in [5.41, 5.74) is 0. The molecule has 2 rings (SSSR count). The lowest BCUT2D eigenvalue weighted by Crippen LogP contribution is -2.41. The number of hydrogen-bond acceptors (Lipinski definition) is 3. The molecule has 1 aliphatic heterocycles. The Labute approximate surface area is 94.1 Å². The molecule has 1 saturated heterocycles. The van der Waals surface area contributed by atoms with Crippen LogP contribution in [0.5, 0.6) is 0 Å². The molecule has 2 heterocycles. The Balaban J connectivity index is 2.09. The van der Waals surface area contributed by atoms with Crippen LogP contribution in [0.25, 0.3) is 0 Å². The van der Waals surface area contributed by atoms with Crippen LogP contribution in [-0.2, 0) is 0 Å². The minimum absolute atomic E-state index is 0.182. The summed E-state index contributed by atoms with van der Waals surface area (Å²) >= 11 is 1.52. The van der Waals surface area contributed by atoms with Crippen molar-refractivity contribution in [1.29, 1.82) is 0 Å². The minimum atomic E-state index is 0.182. The van der Waals surface area contributed by atoms with Crippen molar-refractivity contribution in [3.63, 3.8) is 0 Å². The van der Waals surface area contributed by atoms with E-state index >= 15 is 0 Å². The molecule has 1 atom stereocenters. The number of amides is 1. The van der Waals surface area contributed by atoms with Gasteiger partial charge < -0.3 is 10.2 Å². The second-order valence-corrected chi connectivity index (χ2v) is 4.66. The number of rotatable bonds is 3. The molecule has 0 aromatic carbocycles. The van der Waals surface area contributed by atoms with E-state index in [9.17, 15) is 4.79 Å². The number of nitrogens with zero attached hydrogens (tertiary/aromatic N) is 1. The zero-order valence-electron chi connectivity index (χ0n) is 8.90. The average molecular weight is 224 g/mol. The van der Waals surface area contributed by atoms with Crippen LogP contribution in [0.2, 0.25) is 0 Å². The van der Waals surface area contributed by atoms with Crippen molar-refractivity contribution in [3.05, 3.63) is 22.4 Å². The first-order valence-electron chi connectivity index (χ1n) is 5.38. The molecule has 1 aliphatic rings. The van der Waals surface area contributed by atoms with Gasteiger partial charge in [-0.2, -0.15) is 0 Å². The molecular formula is C11H16N2OS. The van der Waals surface area contributed by atoms with Gasteiger partial charge in [-0.15, -0.1) is 11.3 Å². The van der Waals surface area contributed by atoms with E-state index in [1.807, 2.05) is 29.3 Å². The Hall–Kier alpha value is -0.870. The Morgan fingerprint density at radius 1 is 1.73 bits per heavy atom. The van der Waals surface area contributed by atoms with Gasteiger partial charge in [0.05, 0.1) is 4.88 Å². The highest BCUT2D eigenvalue weighted by atomic mass is 32.1. The van der Waals surface area contributed by atoms with Crippen LogP contribution < -0.4 is 5.32 Å². The Bertz CT molecular complexity index is 317. The van der Waals surface area contributed by atoms with Crippen LogP contribution in [0, 0.1) is 0 Å². The molecule has 1 aromatic rings. The number of carbonyl (C=O) groups is 1. The summed E-state index contributed by atoms with van der Waals surface area (Å²) in [6, 6.07) is 4.21. The van der Waals surface area contributed by atoms with Crippen molar-refractivity contribution in [2.24, 2.45) is 0 Å². The number of likely N-dealkylation sites (N-methyl/N-ethyl adjacent to an activating group) is 1. The van der Waals surface area contributed by atoms with Crippen molar-refractivity contribution < 1.29 is 4.79 Å². The third-order valence-electron chi connectivity index (χ3n) is 2.81. The second-order valence-electron chi connectivity index (χ2n) is 3.72. The highest BCUT2D eigenvalue weighted by Gasteiger charge is 2.26. The highest BCUT2D eigenvalue weighted by molar-refractivity contribution is 7.12. The summed E-state index contributed by atoms with van der Waals surface area (Å²) in [4.78, 5) is 15.0. The van der Waals surface area contributed by atoms with E-state index < -0.39 is 0 Å². The van der Waals surface area contributed by atoms with Gasteiger partial charge in [-0.05, 0) is 31.3 Å². The van der Waals surface area contributed by atoms with Crippen LogP contribution in [0.15, 0.2) is 17.5 Å². The first-order chi connectivity index (χ1) is 7.33. The van der Waals surface area contributed by atoms with Crippen molar-refractivity contribution in [2.45, 2.75) is 19.4 Å². The maximum atomic E-state index is 12.1. The lowest BCUT2D eigenvalue weighted by atomic mass is 10.2. The van der Waals surface area contributed by atoms with E-state index in [0.29, 0.717) is 6.04 Å². The molecule has 0 spiro atoms. The molecule has 3 nitrogen and oxygen atoms in total. The molecule has 82 valence electrons. The Morgan fingerprint density at radius 2 is 2.60 bits per heavy atom. The van der Waals surface area contributed by atoms with Crippen LogP contribution >= 0.6 is 11.3 Å². The fourth-order valence-electron chi connectivity index (χ4n) is 2.01. The van der Waals surface area contributed by atoms with Crippen molar-refractivity contribution in [3.8, 4) is 0 Å². The molecular weight excluding hydrogens is 208 g/mol. The van der Waals surface area contributed by atoms with Gasteiger partial charge in [-0.1, -0.05) is 6.07 Å². The summed E-state index contributed by atoms with van der Waals surface area (Å²) in [6.45, 7) is 4.80. The van der Waals surface area contributed by atoms with Gasteiger partial charge in [0.25, 0.3) is 5.91 Å². The lowest BCUT2D eigenvalue weighted by Gasteiger charge is -2.26. The van der Waals surface area contributed by atoms with Gasteiger partial charge in [0, 0.05) is 19.1 Å². The second kappa shape index (κ2) is 4.77. The number of thiophene rings is 1. The van der Waals surface area contributed by atoms with E-state index in [-0.39, 0.29) is 5.91 Å². The zero-order chi connectivity index (χ0) is 10.7. The van der Waals surface area contributed by atoms with Crippen LogP contribution in [0.3, 0.4) is 0 Å². The first kappa shape index (κ1) is 10.6. The summed E-state index contributed by atoms with van der Waals surface area (Å²) in [5.74, 6) is 0.182. The summed E-state index contributed by atoms with van der Waals surface area (Å²) < 4.78 is 0. The molecule has 1 amide bonds. The van der Waals surface area contributed by atoms with E-state index in [1.54, 1.807) is 0 Å². The molecule has 15 heavy (non-hydrogen) atoms. The van der Waals surface area contributed by atoms with Crippen molar-refractivity contribution >= 4 is 17.2 Å².